The Morgan fingerprint density at radius 3 is 2.56 bits per heavy atom. The van der Waals surface area contributed by atoms with E-state index in [2.05, 4.69) is 9.57 Å². The maximum Gasteiger partial charge on any atom is 0.534 e. The number of amides is 2. The van der Waals surface area contributed by atoms with E-state index < -0.39 is 24.1 Å². The largest absolute Gasteiger partial charge is 0.534 e. The van der Waals surface area contributed by atoms with Gasteiger partial charge in [0.1, 0.15) is 6.10 Å². The first-order valence-corrected chi connectivity index (χ1v) is 4.66. The van der Waals surface area contributed by atoms with Crippen LogP contribution in [-0.2, 0) is 19.2 Å². The molecule has 0 aromatic heterocycles. The highest BCUT2D eigenvalue weighted by Crippen LogP contribution is 2.13. The van der Waals surface area contributed by atoms with Crippen LogP contribution in [0.3, 0.4) is 0 Å². The van der Waals surface area contributed by atoms with E-state index in [0.29, 0.717) is 5.06 Å². The molecule has 1 atom stereocenters. The zero-order chi connectivity index (χ0) is 12.1. The summed E-state index contributed by atoms with van der Waals surface area (Å²) in [5.41, 5.74) is 0. The Labute approximate surface area is 91.5 Å². The van der Waals surface area contributed by atoms with Crippen molar-refractivity contribution in [2.24, 2.45) is 0 Å². The normalized spacial score (nSPS) is 16.9. The van der Waals surface area contributed by atoms with Crippen molar-refractivity contribution in [2.45, 2.75) is 32.3 Å². The van der Waals surface area contributed by atoms with Crippen LogP contribution in [0.5, 0.6) is 0 Å². The van der Waals surface area contributed by atoms with Gasteiger partial charge >= 0.3 is 6.16 Å². The van der Waals surface area contributed by atoms with Crippen molar-refractivity contribution < 1.29 is 24.0 Å². The third kappa shape index (κ3) is 2.95. The minimum atomic E-state index is -1.16. The Balaban J connectivity index is 2.43. The summed E-state index contributed by atoms with van der Waals surface area (Å²) < 4.78 is 4.62. The number of imide groups is 1. The average molecular weight is 226 g/mol. The zero-order valence-corrected chi connectivity index (χ0v) is 8.63. The summed E-state index contributed by atoms with van der Waals surface area (Å²) in [5.74, 6) is -1.15. The predicted octanol–water partition coefficient (Wildman–Crippen LogP) is 0.506. The molecule has 1 aliphatic heterocycles. The van der Waals surface area contributed by atoms with Gasteiger partial charge in [-0.15, -0.1) is 0 Å². The first-order valence-electron chi connectivity index (χ1n) is 4.66. The summed E-state index contributed by atoms with van der Waals surface area (Å²) >= 11 is 0. The molecule has 0 aromatic carbocycles. The summed E-state index contributed by atoms with van der Waals surface area (Å²) in [5, 5.41) is 8.71. The third-order valence-corrected chi connectivity index (χ3v) is 1.85. The van der Waals surface area contributed by atoms with Crippen molar-refractivity contribution >= 4 is 18.0 Å². The summed E-state index contributed by atoms with van der Waals surface area (Å²) in [7, 11) is 0. The Kier molecular flexibility index (Phi) is 3.83. The fourth-order valence-corrected chi connectivity index (χ4v) is 1.09. The van der Waals surface area contributed by atoms with Crippen LogP contribution in [0.25, 0.3) is 0 Å². The molecule has 1 aliphatic rings. The van der Waals surface area contributed by atoms with Gasteiger partial charge in [0.25, 0.3) is 11.8 Å². The van der Waals surface area contributed by atoms with Crippen molar-refractivity contribution in [1.82, 2.24) is 5.06 Å². The number of nitriles is 1. The number of hydrogen-bond donors (Lipinski definition) is 0. The van der Waals surface area contributed by atoms with Crippen molar-refractivity contribution in [2.75, 3.05) is 0 Å². The lowest BCUT2D eigenvalue weighted by molar-refractivity contribution is -0.178. The van der Waals surface area contributed by atoms with E-state index in [1.807, 2.05) is 0 Å². The molecule has 0 N–H and O–H groups in total. The lowest BCUT2D eigenvalue weighted by atomic mass is 10.3. The van der Waals surface area contributed by atoms with Gasteiger partial charge in [-0.2, -0.15) is 5.26 Å². The monoisotopic (exact) mass is 226 g/mol. The molecule has 1 heterocycles. The van der Waals surface area contributed by atoms with Gasteiger partial charge in [0.05, 0.1) is 12.5 Å². The molecular formula is C9H10N2O5. The molecule has 7 heteroatoms. The number of carbonyl (C=O) groups is 3. The number of hydroxylamine groups is 2. The maximum absolute atomic E-state index is 11.1. The lowest BCUT2D eigenvalue weighted by Crippen LogP contribution is -2.33. The van der Waals surface area contributed by atoms with Crippen LogP contribution in [0.2, 0.25) is 0 Å². The first kappa shape index (κ1) is 12.0. The van der Waals surface area contributed by atoms with Gasteiger partial charge in [0.15, 0.2) is 0 Å². The molecule has 1 rings (SSSR count). The Hall–Kier alpha value is -2.10. The molecule has 0 spiro atoms. The summed E-state index contributed by atoms with van der Waals surface area (Å²) in [6.07, 6.45) is -1.74. The summed E-state index contributed by atoms with van der Waals surface area (Å²) in [6, 6.07) is 1.80. The van der Waals surface area contributed by atoms with E-state index in [1.54, 1.807) is 6.07 Å². The Morgan fingerprint density at radius 2 is 2.06 bits per heavy atom. The number of nitrogens with zero attached hydrogens (tertiary/aromatic N) is 2. The zero-order valence-electron chi connectivity index (χ0n) is 8.63. The van der Waals surface area contributed by atoms with E-state index in [9.17, 15) is 14.4 Å². The van der Waals surface area contributed by atoms with E-state index in [0.717, 1.165) is 0 Å². The van der Waals surface area contributed by atoms with Gasteiger partial charge in [-0.05, 0) is 6.92 Å². The van der Waals surface area contributed by atoms with Crippen molar-refractivity contribution in [3.8, 4) is 6.07 Å². The lowest BCUT2D eigenvalue weighted by Gasteiger charge is -2.14. The minimum absolute atomic E-state index is 0.0109. The van der Waals surface area contributed by atoms with E-state index >= 15 is 0 Å². The molecule has 0 radical (unpaired) electrons. The fourth-order valence-electron chi connectivity index (χ4n) is 1.09. The average Bonchev–Trinajstić information content (AvgIpc) is 2.49. The highest BCUT2D eigenvalue weighted by Gasteiger charge is 2.33. The smallest absolute Gasteiger partial charge is 0.429 e. The Morgan fingerprint density at radius 1 is 1.50 bits per heavy atom. The molecule has 1 unspecified atom stereocenters. The Bertz CT molecular complexity index is 343. The molecule has 1 fully saturated rings. The standard InChI is InChI=1S/C9H10N2O5/c1-6(4-5-10)15-9(14)16-11-7(12)2-3-8(11)13/h6H,2-4H2,1H3. The van der Waals surface area contributed by atoms with Gasteiger partial charge in [-0.1, -0.05) is 5.06 Å². The first-order chi connectivity index (χ1) is 7.54. The highest BCUT2D eigenvalue weighted by atomic mass is 16.8. The molecule has 0 bridgehead atoms. The number of hydrogen-bond acceptors (Lipinski definition) is 6. The SMILES string of the molecule is CC(CC#N)OC(=O)ON1C(=O)CCC1=O. The number of ether oxygens (including phenoxy) is 1. The second kappa shape index (κ2) is 5.11. The van der Waals surface area contributed by atoms with E-state index in [-0.39, 0.29) is 19.3 Å². The minimum Gasteiger partial charge on any atom is -0.429 e. The van der Waals surface area contributed by atoms with Crippen LogP contribution in [-0.4, -0.2) is 29.1 Å². The predicted molar refractivity (Wildman–Crippen MR) is 48.3 cm³/mol. The number of rotatable bonds is 3. The number of carbonyl (C=O) groups excluding carboxylic acids is 3. The summed E-state index contributed by atoms with van der Waals surface area (Å²) in [6.45, 7) is 1.50. The second-order valence-electron chi connectivity index (χ2n) is 3.21. The van der Waals surface area contributed by atoms with Gasteiger partial charge in [-0.3, -0.25) is 14.4 Å². The quantitative estimate of drug-likeness (QED) is 0.513. The molecule has 7 nitrogen and oxygen atoms in total. The van der Waals surface area contributed by atoms with E-state index in [1.165, 1.54) is 6.92 Å². The van der Waals surface area contributed by atoms with Crippen LogP contribution in [0, 0.1) is 11.3 Å². The van der Waals surface area contributed by atoms with Crippen LogP contribution in [0.1, 0.15) is 26.2 Å². The van der Waals surface area contributed by atoms with Crippen LogP contribution >= 0.6 is 0 Å². The van der Waals surface area contributed by atoms with Crippen molar-refractivity contribution in [1.29, 1.82) is 5.26 Å². The van der Waals surface area contributed by atoms with Crippen molar-refractivity contribution in [3.05, 3.63) is 0 Å². The molecule has 1 saturated heterocycles. The fraction of sp³-hybridized carbons (Fsp3) is 0.556. The van der Waals surface area contributed by atoms with Crippen LogP contribution in [0.4, 0.5) is 4.79 Å². The molecule has 0 aliphatic carbocycles. The molecule has 2 amide bonds. The maximum atomic E-state index is 11.1. The molecular weight excluding hydrogens is 216 g/mol. The van der Waals surface area contributed by atoms with Crippen molar-refractivity contribution in [3.63, 3.8) is 0 Å². The summed E-state index contributed by atoms with van der Waals surface area (Å²) in [4.78, 5) is 37.6. The van der Waals surface area contributed by atoms with Gasteiger partial charge in [0, 0.05) is 12.8 Å². The van der Waals surface area contributed by atoms with Crippen LogP contribution in [0.15, 0.2) is 0 Å². The van der Waals surface area contributed by atoms with Gasteiger partial charge in [0.2, 0.25) is 0 Å². The van der Waals surface area contributed by atoms with Gasteiger partial charge < -0.3 is 4.74 Å². The van der Waals surface area contributed by atoms with Crippen LogP contribution < -0.4 is 0 Å². The second-order valence-corrected chi connectivity index (χ2v) is 3.21. The molecule has 0 saturated carbocycles. The third-order valence-electron chi connectivity index (χ3n) is 1.85. The van der Waals surface area contributed by atoms with E-state index in [4.69, 9.17) is 5.26 Å². The molecule has 0 aromatic rings. The highest BCUT2D eigenvalue weighted by molar-refractivity contribution is 6.01. The molecule has 86 valence electrons. The molecule has 16 heavy (non-hydrogen) atoms. The van der Waals surface area contributed by atoms with Gasteiger partial charge in [-0.25, -0.2) is 4.79 Å². The topological polar surface area (TPSA) is 96.7 Å².